The smallest absolute Gasteiger partial charge is 0.325 e. The lowest BCUT2D eigenvalue weighted by Crippen LogP contribution is -2.47. The Morgan fingerprint density at radius 2 is 2.05 bits per heavy atom. The first-order chi connectivity index (χ1) is 10.5. The molecule has 7 nitrogen and oxygen atoms in total. The Kier molecular flexibility index (Phi) is 5.05. The number of hydrogen-bond acceptors (Lipinski definition) is 4. The van der Waals surface area contributed by atoms with Gasteiger partial charge in [-0.2, -0.15) is 0 Å². The lowest BCUT2D eigenvalue weighted by atomic mass is 9.93. The van der Waals surface area contributed by atoms with Gasteiger partial charge in [0, 0.05) is 13.1 Å². The van der Waals surface area contributed by atoms with E-state index in [1.54, 1.807) is 4.90 Å². The fourth-order valence-corrected chi connectivity index (χ4v) is 3.30. The summed E-state index contributed by atoms with van der Waals surface area (Å²) in [5.41, 5.74) is -0.836. The third-order valence-corrected chi connectivity index (χ3v) is 4.88. The first-order valence-electron chi connectivity index (χ1n) is 8.04. The molecule has 2 aliphatic heterocycles. The molecule has 0 aromatic rings. The number of nitrogens with zero attached hydrogens (tertiary/aromatic N) is 2. The van der Waals surface area contributed by atoms with E-state index < -0.39 is 11.6 Å². The standard InChI is InChI=1S/C15H26N4O3/c1-4-15(5-2)13(21)19(14(22)17-15)10-12(20)18-7-6-11(9-18)8-16-3/h11,16H,4-10H2,1-3H3,(H,17,22)/t11-/m0/s1. The maximum Gasteiger partial charge on any atom is 0.325 e. The Bertz CT molecular complexity index is 462. The highest BCUT2D eigenvalue weighted by Gasteiger charge is 2.49. The number of rotatable bonds is 6. The predicted molar refractivity (Wildman–Crippen MR) is 82.2 cm³/mol. The van der Waals surface area contributed by atoms with Gasteiger partial charge in [0.25, 0.3) is 5.91 Å². The van der Waals surface area contributed by atoms with Crippen molar-refractivity contribution in [1.29, 1.82) is 0 Å². The van der Waals surface area contributed by atoms with Crippen molar-refractivity contribution in [2.45, 2.75) is 38.6 Å². The van der Waals surface area contributed by atoms with Crippen molar-refractivity contribution in [2.24, 2.45) is 5.92 Å². The van der Waals surface area contributed by atoms with Gasteiger partial charge in [0.05, 0.1) is 0 Å². The number of likely N-dealkylation sites (tertiary alicyclic amines) is 1. The highest BCUT2D eigenvalue weighted by Crippen LogP contribution is 2.25. The molecule has 22 heavy (non-hydrogen) atoms. The van der Waals surface area contributed by atoms with Crippen LogP contribution >= 0.6 is 0 Å². The van der Waals surface area contributed by atoms with Gasteiger partial charge in [-0.25, -0.2) is 4.79 Å². The van der Waals surface area contributed by atoms with Crippen molar-refractivity contribution in [3.05, 3.63) is 0 Å². The van der Waals surface area contributed by atoms with Crippen molar-refractivity contribution in [1.82, 2.24) is 20.4 Å². The zero-order valence-electron chi connectivity index (χ0n) is 13.6. The predicted octanol–water partition coefficient (Wildman–Crippen LogP) is 0.165. The Hall–Kier alpha value is -1.63. The van der Waals surface area contributed by atoms with Gasteiger partial charge in [-0.1, -0.05) is 13.8 Å². The summed E-state index contributed by atoms with van der Waals surface area (Å²) in [6.07, 6.45) is 2.03. The molecule has 2 aliphatic rings. The number of amides is 4. The van der Waals surface area contributed by atoms with Crippen LogP contribution in [0.3, 0.4) is 0 Å². The molecule has 2 N–H and O–H groups in total. The Balaban J connectivity index is 1.97. The van der Waals surface area contributed by atoms with Gasteiger partial charge >= 0.3 is 6.03 Å². The quantitative estimate of drug-likeness (QED) is 0.685. The second kappa shape index (κ2) is 6.64. The third kappa shape index (κ3) is 2.95. The van der Waals surface area contributed by atoms with Crippen LogP contribution in [-0.4, -0.2) is 66.4 Å². The molecule has 0 spiro atoms. The summed E-state index contributed by atoms with van der Waals surface area (Å²) in [7, 11) is 1.90. The summed E-state index contributed by atoms with van der Waals surface area (Å²) in [4.78, 5) is 39.7. The van der Waals surface area contributed by atoms with Gasteiger partial charge in [0.2, 0.25) is 5.91 Å². The fourth-order valence-electron chi connectivity index (χ4n) is 3.30. The largest absolute Gasteiger partial charge is 0.341 e. The molecule has 2 rings (SSSR count). The average molecular weight is 310 g/mol. The van der Waals surface area contributed by atoms with Crippen LogP contribution < -0.4 is 10.6 Å². The van der Waals surface area contributed by atoms with E-state index in [1.807, 2.05) is 20.9 Å². The molecule has 0 saturated carbocycles. The number of imide groups is 1. The molecule has 0 aliphatic carbocycles. The number of carbonyl (C=O) groups is 3. The molecule has 2 heterocycles. The molecule has 0 aromatic heterocycles. The summed E-state index contributed by atoms with van der Waals surface area (Å²) in [5, 5.41) is 5.86. The van der Waals surface area contributed by atoms with Crippen LogP contribution in [0.1, 0.15) is 33.1 Å². The van der Waals surface area contributed by atoms with Gasteiger partial charge in [0.15, 0.2) is 0 Å². The van der Waals surface area contributed by atoms with E-state index in [-0.39, 0.29) is 18.4 Å². The minimum atomic E-state index is -0.836. The summed E-state index contributed by atoms with van der Waals surface area (Å²) in [5.74, 6) is 0.0226. The summed E-state index contributed by atoms with van der Waals surface area (Å²) in [6.45, 7) is 5.85. The molecule has 0 bridgehead atoms. The van der Waals surface area contributed by atoms with Crippen molar-refractivity contribution >= 4 is 17.8 Å². The summed E-state index contributed by atoms with van der Waals surface area (Å²) in [6, 6.07) is -0.451. The van der Waals surface area contributed by atoms with Crippen LogP contribution in [0.15, 0.2) is 0 Å². The van der Waals surface area contributed by atoms with Crippen LogP contribution in [0.2, 0.25) is 0 Å². The highest BCUT2D eigenvalue weighted by atomic mass is 16.2. The molecule has 2 saturated heterocycles. The Morgan fingerprint density at radius 3 is 2.59 bits per heavy atom. The van der Waals surface area contributed by atoms with Gasteiger partial charge < -0.3 is 15.5 Å². The summed E-state index contributed by atoms with van der Waals surface area (Å²) >= 11 is 0. The first-order valence-corrected chi connectivity index (χ1v) is 8.04. The van der Waals surface area contributed by atoms with Crippen molar-refractivity contribution in [2.75, 3.05) is 33.2 Å². The molecule has 0 aromatic carbocycles. The second-order valence-electron chi connectivity index (χ2n) is 6.16. The van der Waals surface area contributed by atoms with Crippen LogP contribution in [0.4, 0.5) is 4.79 Å². The molecule has 124 valence electrons. The van der Waals surface area contributed by atoms with Crippen molar-refractivity contribution in [3.63, 3.8) is 0 Å². The Labute approximate surface area is 131 Å². The van der Waals surface area contributed by atoms with Crippen LogP contribution in [0, 0.1) is 5.92 Å². The van der Waals surface area contributed by atoms with E-state index in [0.717, 1.165) is 17.9 Å². The lowest BCUT2D eigenvalue weighted by molar-refractivity contribution is -0.138. The number of urea groups is 1. The average Bonchev–Trinajstić information content (AvgIpc) is 3.06. The van der Waals surface area contributed by atoms with E-state index in [9.17, 15) is 14.4 Å². The van der Waals surface area contributed by atoms with E-state index in [4.69, 9.17) is 0 Å². The molecule has 0 unspecified atom stereocenters. The van der Waals surface area contributed by atoms with Gasteiger partial charge in [-0.05, 0) is 38.8 Å². The van der Waals surface area contributed by atoms with E-state index >= 15 is 0 Å². The monoisotopic (exact) mass is 310 g/mol. The van der Waals surface area contributed by atoms with Crippen LogP contribution in [0.25, 0.3) is 0 Å². The van der Waals surface area contributed by atoms with E-state index in [1.165, 1.54) is 0 Å². The van der Waals surface area contributed by atoms with Crippen LogP contribution in [-0.2, 0) is 9.59 Å². The minimum Gasteiger partial charge on any atom is -0.341 e. The molecule has 0 radical (unpaired) electrons. The number of nitrogens with one attached hydrogen (secondary N) is 2. The maximum atomic E-state index is 12.5. The fraction of sp³-hybridized carbons (Fsp3) is 0.800. The summed E-state index contributed by atoms with van der Waals surface area (Å²) < 4.78 is 0. The topological polar surface area (TPSA) is 81.8 Å². The van der Waals surface area contributed by atoms with E-state index in [0.29, 0.717) is 31.8 Å². The van der Waals surface area contributed by atoms with Crippen molar-refractivity contribution in [3.8, 4) is 0 Å². The maximum absolute atomic E-state index is 12.5. The first kappa shape index (κ1) is 16.7. The lowest BCUT2D eigenvalue weighted by Gasteiger charge is -2.24. The number of carbonyl (C=O) groups excluding carboxylic acids is 3. The Morgan fingerprint density at radius 1 is 1.36 bits per heavy atom. The third-order valence-electron chi connectivity index (χ3n) is 4.88. The van der Waals surface area contributed by atoms with Gasteiger partial charge in [0.1, 0.15) is 12.1 Å². The molecule has 4 amide bonds. The van der Waals surface area contributed by atoms with Gasteiger partial charge in [-0.3, -0.25) is 14.5 Å². The molecule has 7 heteroatoms. The minimum absolute atomic E-state index is 0.148. The molecule has 2 fully saturated rings. The zero-order chi connectivity index (χ0) is 16.3. The molecule has 1 atom stereocenters. The van der Waals surface area contributed by atoms with E-state index in [2.05, 4.69) is 10.6 Å². The zero-order valence-corrected chi connectivity index (χ0v) is 13.6. The van der Waals surface area contributed by atoms with Crippen LogP contribution in [0.5, 0.6) is 0 Å². The molecular weight excluding hydrogens is 284 g/mol. The van der Waals surface area contributed by atoms with Gasteiger partial charge in [-0.15, -0.1) is 0 Å². The second-order valence-corrected chi connectivity index (χ2v) is 6.16. The molecular formula is C15H26N4O3. The highest BCUT2D eigenvalue weighted by molar-refractivity contribution is 6.08. The SMILES string of the molecule is CCC1(CC)NC(=O)N(CC(=O)N2CC[C@@H](CNC)C2)C1=O. The number of hydrogen-bond donors (Lipinski definition) is 2. The van der Waals surface area contributed by atoms with Crippen molar-refractivity contribution < 1.29 is 14.4 Å². The normalized spacial score (nSPS) is 24.0.